The van der Waals surface area contributed by atoms with Crippen LogP contribution in [0, 0.1) is 11.3 Å². The van der Waals surface area contributed by atoms with E-state index in [4.69, 9.17) is 24.7 Å². The fourth-order valence-electron chi connectivity index (χ4n) is 4.19. The Bertz CT molecular complexity index is 1330. The van der Waals surface area contributed by atoms with Crippen LogP contribution in [0.3, 0.4) is 0 Å². The number of carbonyl (C=O) groups excluding carboxylic acids is 1. The van der Waals surface area contributed by atoms with Gasteiger partial charge in [-0.2, -0.15) is 5.26 Å². The first-order valence-electron chi connectivity index (χ1n) is 12.4. The molecular weight excluding hydrogens is 468 g/mol. The molecule has 190 valence electrons. The van der Waals surface area contributed by atoms with Gasteiger partial charge in [-0.05, 0) is 42.7 Å². The van der Waals surface area contributed by atoms with Crippen molar-refractivity contribution in [3.63, 3.8) is 0 Å². The lowest BCUT2D eigenvalue weighted by atomic mass is 9.83. The van der Waals surface area contributed by atoms with Crippen LogP contribution in [-0.2, 0) is 11.2 Å². The summed E-state index contributed by atoms with van der Waals surface area (Å²) < 4.78 is 23.1. The number of allylic oxidation sites excluding steroid dienone is 1. The molecule has 0 fully saturated rings. The van der Waals surface area contributed by atoms with Gasteiger partial charge in [0.1, 0.15) is 23.1 Å². The highest BCUT2D eigenvalue weighted by atomic mass is 16.5. The van der Waals surface area contributed by atoms with Crippen LogP contribution in [-0.4, -0.2) is 19.2 Å². The van der Waals surface area contributed by atoms with Crippen LogP contribution >= 0.6 is 0 Å². The van der Waals surface area contributed by atoms with Crippen molar-refractivity contribution in [1.29, 1.82) is 5.26 Å². The molecule has 7 heteroatoms. The monoisotopic (exact) mass is 498 g/mol. The smallest absolute Gasteiger partial charge is 0.315 e. The number of benzene rings is 3. The summed E-state index contributed by atoms with van der Waals surface area (Å²) in [7, 11) is 0. The van der Waals surface area contributed by atoms with Gasteiger partial charge in [0.25, 0.3) is 0 Å². The minimum Gasteiger partial charge on any atom is -0.490 e. The van der Waals surface area contributed by atoms with E-state index >= 15 is 0 Å². The zero-order valence-electron chi connectivity index (χ0n) is 21.0. The maximum absolute atomic E-state index is 12.5. The quantitative estimate of drug-likeness (QED) is 0.219. The highest BCUT2D eigenvalue weighted by Gasteiger charge is 2.31. The molecule has 0 saturated heterocycles. The lowest BCUT2D eigenvalue weighted by molar-refractivity contribution is -0.133. The molecule has 1 unspecified atom stereocenters. The van der Waals surface area contributed by atoms with Crippen molar-refractivity contribution < 1.29 is 23.7 Å². The van der Waals surface area contributed by atoms with E-state index in [2.05, 4.69) is 13.0 Å². The van der Waals surface area contributed by atoms with E-state index in [9.17, 15) is 10.1 Å². The van der Waals surface area contributed by atoms with Gasteiger partial charge in [0, 0.05) is 11.6 Å². The fraction of sp³-hybridized carbons (Fsp3) is 0.267. The van der Waals surface area contributed by atoms with E-state index in [0.29, 0.717) is 41.8 Å². The van der Waals surface area contributed by atoms with Crippen LogP contribution in [0.1, 0.15) is 49.3 Å². The molecule has 0 radical (unpaired) electrons. The fourth-order valence-corrected chi connectivity index (χ4v) is 4.19. The molecule has 1 aliphatic heterocycles. The normalized spacial score (nSPS) is 14.2. The zero-order valence-corrected chi connectivity index (χ0v) is 21.0. The molecule has 3 aromatic carbocycles. The molecule has 1 heterocycles. The van der Waals surface area contributed by atoms with Gasteiger partial charge in [-0.15, -0.1) is 0 Å². The molecule has 2 N–H and O–H groups in total. The molecule has 0 saturated carbocycles. The predicted octanol–water partition coefficient (Wildman–Crippen LogP) is 5.63. The average molecular weight is 499 g/mol. The Kier molecular flexibility index (Phi) is 8.32. The van der Waals surface area contributed by atoms with Crippen molar-refractivity contribution in [2.75, 3.05) is 13.2 Å². The highest BCUT2D eigenvalue weighted by Crippen LogP contribution is 2.45. The molecule has 0 aliphatic carbocycles. The van der Waals surface area contributed by atoms with Gasteiger partial charge in [-0.25, -0.2) is 0 Å². The summed E-state index contributed by atoms with van der Waals surface area (Å²) in [6.07, 6.45) is 2.12. The molecule has 1 atom stereocenters. The molecule has 0 aromatic heterocycles. The van der Waals surface area contributed by atoms with E-state index in [1.165, 1.54) is 0 Å². The van der Waals surface area contributed by atoms with Gasteiger partial charge < -0.3 is 24.7 Å². The third-order valence-corrected chi connectivity index (χ3v) is 5.97. The molecule has 1 aliphatic rings. The summed E-state index contributed by atoms with van der Waals surface area (Å²) >= 11 is 0. The molecule has 3 aromatic rings. The number of fused-ring (bicyclic) bond motifs is 1. The topological polar surface area (TPSA) is 104 Å². The second kappa shape index (κ2) is 12.0. The number of rotatable bonds is 10. The Morgan fingerprint density at radius 3 is 2.57 bits per heavy atom. The molecular formula is C30H30N2O5. The first-order valence-corrected chi connectivity index (χ1v) is 12.4. The van der Waals surface area contributed by atoms with E-state index in [1.54, 1.807) is 18.2 Å². The summed E-state index contributed by atoms with van der Waals surface area (Å²) in [6.45, 7) is 5.08. The second-order valence-electron chi connectivity index (χ2n) is 8.60. The zero-order chi connectivity index (χ0) is 26.2. The number of nitrogens with two attached hydrogens (primary N) is 1. The molecule has 0 bridgehead atoms. The molecule has 7 nitrogen and oxygen atoms in total. The summed E-state index contributed by atoms with van der Waals surface area (Å²) in [5.74, 6) is 1.16. The van der Waals surface area contributed by atoms with Crippen LogP contribution in [0.25, 0.3) is 0 Å². The number of ether oxygens (including phenoxy) is 4. The highest BCUT2D eigenvalue weighted by molar-refractivity contribution is 5.75. The molecule has 4 rings (SSSR count). The first kappa shape index (κ1) is 25.6. The Morgan fingerprint density at radius 1 is 1.03 bits per heavy atom. The van der Waals surface area contributed by atoms with Crippen molar-refractivity contribution >= 4 is 5.97 Å². The lowest BCUT2D eigenvalue weighted by Gasteiger charge is -2.27. The minimum atomic E-state index is -0.480. The number of nitriles is 1. The van der Waals surface area contributed by atoms with E-state index < -0.39 is 5.92 Å². The average Bonchev–Trinajstić information content (AvgIpc) is 2.89. The first-order chi connectivity index (χ1) is 18.0. The Hall–Kier alpha value is -4.44. The standard InChI is InChI=1S/C30H30N2O5/c1-3-5-15-35-25-14-11-21(17-27(25)34-4-2)29-23-13-12-22(18-26(23)37-30(32)24(29)19-31)36-28(33)16-20-9-7-6-8-10-20/h6-14,17-18,29H,3-5,15-16,32H2,1-2H3. The number of esters is 1. The summed E-state index contributed by atoms with van der Waals surface area (Å²) in [4.78, 5) is 12.5. The van der Waals surface area contributed by atoms with Crippen molar-refractivity contribution in [2.45, 2.75) is 39.0 Å². The van der Waals surface area contributed by atoms with E-state index in [1.807, 2.05) is 55.5 Å². The van der Waals surface area contributed by atoms with Gasteiger partial charge in [-0.1, -0.05) is 55.8 Å². The van der Waals surface area contributed by atoms with Gasteiger partial charge in [0.05, 0.1) is 25.6 Å². The number of carbonyl (C=O) groups is 1. The number of unbranched alkanes of at least 4 members (excludes halogenated alkanes) is 1. The van der Waals surface area contributed by atoms with Crippen LogP contribution in [0.5, 0.6) is 23.0 Å². The van der Waals surface area contributed by atoms with Gasteiger partial charge >= 0.3 is 5.97 Å². The van der Waals surface area contributed by atoms with E-state index in [-0.39, 0.29) is 18.3 Å². The molecule has 0 amide bonds. The molecule has 0 spiro atoms. The second-order valence-corrected chi connectivity index (χ2v) is 8.60. The van der Waals surface area contributed by atoms with Crippen molar-refractivity contribution in [3.8, 4) is 29.1 Å². The van der Waals surface area contributed by atoms with E-state index in [0.717, 1.165) is 29.5 Å². The van der Waals surface area contributed by atoms with Gasteiger partial charge in [-0.3, -0.25) is 4.79 Å². The number of hydrogen-bond acceptors (Lipinski definition) is 7. The summed E-state index contributed by atoms with van der Waals surface area (Å²) in [6, 6.07) is 22.3. The van der Waals surface area contributed by atoms with Crippen molar-refractivity contribution in [1.82, 2.24) is 0 Å². The van der Waals surface area contributed by atoms with Crippen molar-refractivity contribution in [3.05, 3.63) is 94.9 Å². The Balaban J connectivity index is 1.63. The lowest BCUT2D eigenvalue weighted by Crippen LogP contribution is -2.21. The number of hydrogen-bond donors (Lipinski definition) is 1. The Labute approximate surface area is 217 Å². The van der Waals surface area contributed by atoms with Crippen LogP contribution < -0.4 is 24.7 Å². The van der Waals surface area contributed by atoms with Crippen molar-refractivity contribution in [2.24, 2.45) is 5.73 Å². The number of nitrogens with zero attached hydrogens (tertiary/aromatic N) is 1. The predicted molar refractivity (Wildman–Crippen MR) is 140 cm³/mol. The third kappa shape index (κ3) is 6.04. The maximum atomic E-state index is 12.5. The van der Waals surface area contributed by atoms with Crippen LogP contribution in [0.2, 0.25) is 0 Å². The SMILES string of the molecule is CCCCOc1ccc(C2C(C#N)=C(N)Oc3cc(OC(=O)Cc4ccccc4)ccc32)cc1OCC. The largest absolute Gasteiger partial charge is 0.490 e. The minimum absolute atomic E-state index is 0.00833. The molecule has 37 heavy (non-hydrogen) atoms. The summed E-state index contributed by atoms with van der Waals surface area (Å²) in [5.41, 5.74) is 8.86. The third-order valence-electron chi connectivity index (χ3n) is 5.97. The van der Waals surface area contributed by atoms with Crippen LogP contribution in [0.4, 0.5) is 0 Å². The van der Waals surface area contributed by atoms with Gasteiger partial charge in [0.15, 0.2) is 11.5 Å². The van der Waals surface area contributed by atoms with Gasteiger partial charge in [0.2, 0.25) is 5.88 Å². The summed E-state index contributed by atoms with van der Waals surface area (Å²) in [5, 5.41) is 9.91. The Morgan fingerprint density at radius 2 is 1.84 bits per heavy atom. The van der Waals surface area contributed by atoms with Crippen LogP contribution in [0.15, 0.2) is 78.2 Å². The maximum Gasteiger partial charge on any atom is 0.315 e.